The molecule has 0 atom stereocenters. The molecule has 0 amide bonds. The van der Waals surface area contributed by atoms with Crippen LogP contribution in [0.4, 0.5) is 0 Å². The predicted molar refractivity (Wildman–Crippen MR) is 61.2 cm³/mol. The lowest BCUT2D eigenvalue weighted by Gasteiger charge is -2.04. The minimum Gasteiger partial charge on any atom is -0.341 e. The summed E-state index contributed by atoms with van der Waals surface area (Å²) >= 11 is 5.81. The van der Waals surface area contributed by atoms with E-state index in [4.69, 9.17) is 11.6 Å². The second kappa shape index (κ2) is 3.91. The average molecular weight is 220 g/mol. The lowest BCUT2D eigenvalue weighted by Crippen LogP contribution is -1.96. The molecule has 1 heterocycles. The van der Waals surface area contributed by atoms with Crippen LogP contribution >= 0.6 is 11.6 Å². The maximum Gasteiger partial charge on any atom is 0.166 e. The minimum absolute atomic E-state index is 0.667. The Balaban J connectivity index is 2.49. The van der Waals surface area contributed by atoms with Crippen molar-refractivity contribution in [3.05, 3.63) is 47.1 Å². The summed E-state index contributed by atoms with van der Waals surface area (Å²) in [7, 11) is 1.87. The Kier molecular flexibility index (Phi) is 2.60. The smallest absolute Gasteiger partial charge is 0.166 e. The standard InChI is InChI=1S/C12H10ClNO/c1-14-11(8-15)6-7-12(14)9-2-4-10(13)5-3-9/h2-8H,1H3. The monoisotopic (exact) mass is 219 g/mol. The third kappa shape index (κ3) is 1.81. The van der Waals surface area contributed by atoms with Crippen LogP contribution < -0.4 is 0 Å². The van der Waals surface area contributed by atoms with Crippen molar-refractivity contribution in [3.63, 3.8) is 0 Å². The van der Waals surface area contributed by atoms with Crippen molar-refractivity contribution < 1.29 is 4.79 Å². The van der Waals surface area contributed by atoms with Crippen molar-refractivity contribution >= 4 is 17.9 Å². The fraction of sp³-hybridized carbons (Fsp3) is 0.0833. The lowest BCUT2D eigenvalue weighted by molar-refractivity contribution is 0.111. The van der Waals surface area contributed by atoms with Gasteiger partial charge in [0, 0.05) is 17.8 Å². The number of benzene rings is 1. The van der Waals surface area contributed by atoms with E-state index < -0.39 is 0 Å². The molecule has 76 valence electrons. The van der Waals surface area contributed by atoms with Crippen LogP contribution in [-0.2, 0) is 7.05 Å². The summed E-state index contributed by atoms with van der Waals surface area (Å²) in [6.07, 6.45) is 0.847. The van der Waals surface area contributed by atoms with Gasteiger partial charge in [0.05, 0.1) is 5.69 Å². The summed E-state index contributed by atoms with van der Waals surface area (Å²) in [4.78, 5) is 10.7. The molecular weight excluding hydrogens is 210 g/mol. The van der Waals surface area contributed by atoms with Gasteiger partial charge >= 0.3 is 0 Å². The Morgan fingerprint density at radius 3 is 2.33 bits per heavy atom. The minimum atomic E-state index is 0.667. The highest BCUT2D eigenvalue weighted by molar-refractivity contribution is 6.30. The molecule has 1 aromatic carbocycles. The molecule has 0 fully saturated rings. The van der Waals surface area contributed by atoms with Gasteiger partial charge in [-0.15, -0.1) is 0 Å². The van der Waals surface area contributed by atoms with E-state index in [1.165, 1.54) is 0 Å². The summed E-state index contributed by atoms with van der Waals surface area (Å²) in [5.41, 5.74) is 2.73. The molecule has 0 saturated carbocycles. The molecular formula is C12H10ClNO. The van der Waals surface area contributed by atoms with Crippen molar-refractivity contribution in [2.24, 2.45) is 7.05 Å². The number of carbonyl (C=O) groups is 1. The molecule has 2 aromatic rings. The molecule has 15 heavy (non-hydrogen) atoms. The Bertz CT molecular complexity index is 485. The van der Waals surface area contributed by atoms with Gasteiger partial charge in [-0.3, -0.25) is 4.79 Å². The topological polar surface area (TPSA) is 22.0 Å². The summed E-state index contributed by atoms with van der Waals surface area (Å²) in [6.45, 7) is 0. The number of rotatable bonds is 2. The van der Waals surface area contributed by atoms with Crippen molar-refractivity contribution in [3.8, 4) is 11.3 Å². The first-order chi connectivity index (χ1) is 7.22. The zero-order valence-corrected chi connectivity index (χ0v) is 9.03. The molecule has 3 heteroatoms. The Morgan fingerprint density at radius 1 is 1.13 bits per heavy atom. The van der Waals surface area contributed by atoms with Gasteiger partial charge in [0.15, 0.2) is 6.29 Å². The van der Waals surface area contributed by atoms with Crippen LogP contribution in [0.25, 0.3) is 11.3 Å². The van der Waals surface area contributed by atoms with Crippen LogP contribution in [0.1, 0.15) is 10.5 Å². The third-order valence-electron chi connectivity index (χ3n) is 2.42. The third-order valence-corrected chi connectivity index (χ3v) is 2.67. The zero-order valence-electron chi connectivity index (χ0n) is 8.27. The summed E-state index contributed by atoms with van der Waals surface area (Å²) in [6, 6.07) is 11.3. The van der Waals surface area contributed by atoms with Gasteiger partial charge in [-0.1, -0.05) is 23.7 Å². The molecule has 0 aliphatic carbocycles. The number of hydrogen-bond acceptors (Lipinski definition) is 1. The van der Waals surface area contributed by atoms with Gasteiger partial charge in [-0.25, -0.2) is 0 Å². The fourth-order valence-electron chi connectivity index (χ4n) is 1.56. The molecule has 0 aliphatic heterocycles. The number of halogens is 1. The van der Waals surface area contributed by atoms with Crippen LogP contribution in [0.5, 0.6) is 0 Å². The van der Waals surface area contributed by atoms with Gasteiger partial charge < -0.3 is 4.57 Å². The Morgan fingerprint density at radius 2 is 1.80 bits per heavy atom. The van der Waals surface area contributed by atoms with Gasteiger partial charge in [0.2, 0.25) is 0 Å². The molecule has 0 N–H and O–H groups in total. The van der Waals surface area contributed by atoms with Gasteiger partial charge in [0.25, 0.3) is 0 Å². The van der Waals surface area contributed by atoms with E-state index in [1.807, 2.05) is 41.9 Å². The van der Waals surface area contributed by atoms with E-state index in [2.05, 4.69) is 0 Å². The fourth-order valence-corrected chi connectivity index (χ4v) is 1.68. The first-order valence-electron chi connectivity index (χ1n) is 4.59. The van der Waals surface area contributed by atoms with Crippen LogP contribution in [-0.4, -0.2) is 10.9 Å². The molecule has 2 rings (SSSR count). The van der Waals surface area contributed by atoms with Crippen LogP contribution in [0.3, 0.4) is 0 Å². The summed E-state index contributed by atoms with van der Waals surface area (Å²) in [5, 5.41) is 0.712. The normalized spacial score (nSPS) is 10.3. The van der Waals surface area contributed by atoms with E-state index in [0.29, 0.717) is 10.7 Å². The van der Waals surface area contributed by atoms with E-state index in [1.54, 1.807) is 6.07 Å². The number of aromatic nitrogens is 1. The Labute approximate surface area is 93.1 Å². The van der Waals surface area contributed by atoms with Gasteiger partial charge in [-0.05, 0) is 29.8 Å². The predicted octanol–water partition coefficient (Wildman–Crippen LogP) is 3.16. The molecule has 0 spiro atoms. The summed E-state index contributed by atoms with van der Waals surface area (Å²) < 4.78 is 1.86. The SMILES string of the molecule is Cn1c(C=O)ccc1-c1ccc(Cl)cc1. The highest BCUT2D eigenvalue weighted by atomic mass is 35.5. The molecule has 0 unspecified atom stereocenters. The molecule has 1 aromatic heterocycles. The number of carbonyl (C=O) groups excluding carboxylic acids is 1. The van der Waals surface area contributed by atoms with Crippen LogP contribution in [0, 0.1) is 0 Å². The van der Waals surface area contributed by atoms with Crippen LogP contribution in [0.15, 0.2) is 36.4 Å². The zero-order chi connectivity index (χ0) is 10.8. The molecule has 0 saturated heterocycles. The maximum absolute atomic E-state index is 10.7. The number of nitrogens with zero attached hydrogens (tertiary/aromatic N) is 1. The van der Waals surface area contributed by atoms with Gasteiger partial charge in [-0.2, -0.15) is 0 Å². The average Bonchev–Trinajstić information content (AvgIpc) is 2.61. The van der Waals surface area contributed by atoms with Crippen molar-refractivity contribution in [2.75, 3.05) is 0 Å². The number of aldehydes is 1. The molecule has 0 radical (unpaired) electrons. The van der Waals surface area contributed by atoms with E-state index >= 15 is 0 Å². The van der Waals surface area contributed by atoms with Gasteiger partial charge in [0.1, 0.15) is 0 Å². The quantitative estimate of drug-likeness (QED) is 0.712. The number of hydrogen-bond donors (Lipinski definition) is 0. The Hall–Kier alpha value is -1.54. The van der Waals surface area contributed by atoms with Crippen molar-refractivity contribution in [1.29, 1.82) is 0 Å². The highest BCUT2D eigenvalue weighted by Gasteiger charge is 2.05. The second-order valence-corrected chi connectivity index (χ2v) is 3.76. The maximum atomic E-state index is 10.7. The lowest BCUT2D eigenvalue weighted by atomic mass is 10.1. The first kappa shape index (κ1) is 9.99. The second-order valence-electron chi connectivity index (χ2n) is 3.33. The highest BCUT2D eigenvalue weighted by Crippen LogP contribution is 2.22. The van der Waals surface area contributed by atoms with E-state index in [0.717, 1.165) is 17.5 Å². The summed E-state index contributed by atoms with van der Waals surface area (Å²) in [5.74, 6) is 0. The molecule has 0 bridgehead atoms. The van der Waals surface area contributed by atoms with Crippen molar-refractivity contribution in [1.82, 2.24) is 4.57 Å². The molecule has 2 nitrogen and oxygen atoms in total. The first-order valence-corrected chi connectivity index (χ1v) is 4.97. The van der Waals surface area contributed by atoms with E-state index in [-0.39, 0.29) is 0 Å². The van der Waals surface area contributed by atoms with Crippen LogP contribution in [0.2, 0.25) is 5.02 Å². The molecule has 0 aliphatic rings. The largest absolute Gasteiger partial charge is 0.341 e. The van der Waals surface area contributed by atoms with E-state index in [9.17, 15) is 4.79 Å². The van der Waals surface area contributed by atoms with Crippen molar-refractivity contribution in [2.45, 2.75) is 0 Å².